The second kappa shape index (κ2) is 10.4. The molecule has 0 aliphatic heterocycles. The molecule has 1 amide bonds. The van der Waals surface area contributed by atoms with Crippen LogP contribution in [0.1, 0.15) is 12.8 Å². The van der Waals surface area contributed by atoms with Crippen LogP contribution in [0.2, 0.25) is 0 Å². The Morgan fingerprint density at radius 3 is 2.79 bits per heavy atom. The number of rotatable bonds is 9. The van der Waals surface area contributed by atoms with Gasteiger partial charge in [0.1, 0.15) is 0 Å². The predicted octanol–water partition coefficient (Wildman–Crippen LogP) is -0.889. The minimum Gasteiger partial charge on any atom is -0.396 e. The second-order valence-electron chi connectivity index (χ2n) is 2.92. The Bertz CT molecular complexity index is 142. The number of nitrogens with one attached hydrogen (secondary N) is 2. The molecule has 0 aliphatic rings. The fraction of sp³-hybridized carbons (Fsp3) is 0.889. The smallest absolute Gasteiger partial charge is 0.221 e. The first kappa shape index (κ1) is 13.4. The number of carbonyl (C=O) groups is 1. The molecule has 0 heterocycles. The molecule has 0 fully saturated rings. The van der Waals surface area contributed by atoms with Crippen molar-refractivity contribution >= 4 is 5.91 Å². The van der Waals surface area contributed by atoms with Crippen LogP contribution in [0.3, 0.4) is 0 Å². The van der Waals surface area contributed by atoms with Gasteiger partial charge in [0.2, 0.25) is 5.91 Å². The molecule has 0 aromatic rings. The van der Waals surface area contributed by atoms with Crippen LogP contribution < -0.4 is 10.6 Å². The van der Waals surface area contributed by atoms with E-state index in [1.54, 1.807) is 7.11 Å². The summed E-state index contributed by atoms with van der Waals surface area (Å²) in [5, 5.41) is 14.3. The Morgan fingerprint density at radius 2 is 2.14 bits per heavy atom. The highest BCUT2D eigenvalue weighted by atomic mass is 16.5. The molecule has 0 spiro atoms. The minimum atomic E-state index is 0.0264. The molecule has 0 saturated heterocycles. The number of aliphatic hydroxyl groups is 1. The predicted molar refractivity (Wildman–Crippen MR) is 54.1 cm³/mol. The van der Waals surface area contributed by atoms with Crippen LogP contribution in [-0.2, 0) is 9.53 Å². The molecule has 0 bridgehead atoms. The van der Waals surface area contributed by atoms with Gasteiger partial charge in [0.15, 0.2) is 0 Å². The van der Waals surface area contributed by atoms with Crippen molar-refractivity contribution in [3.05, 3.63) is 0 Å². The van der Waals surface area contributed by atoms with Gasteiger partial charge in [-0.3, -0.25) is 4.79 Å². The van der Waals surface area contributed by atoms with E-state index in [2.05, 4.69) is 10.6 Å². The average Bonchev–Trinajstić information content (AvgIpc) is 2.18. The van der Waals surface area contributed by atoms with Crippen LogP contribution in [0.4, 0.5) is 0 Å². The zero-order valence-corrected chi connectivity index (χ0v) is 8.71. The molecule has 0 radical (unpaired) electrons. The molecule has 0 aliphatic carbocycles. The Hall–Kier alpha value is -0.650. The van der Waals surface area contributed by atoms with Crippen molar-refractivity contribution in [3.8, 4) is 0 Å². The number of methoxy groups -OCH3 is 1. The van der Waals surface area contributed by atoms with E-state index in [0.717, 1.165) is 13.0 Å². The van der Waals surface area contributed by atoms with Gasteiger partial charge in [-0.05, 0) is 13.0 Å². The molecular weight excluding hydrogens is 184 g/mol. The van der Waals surface area contributed by atoms with Crippen LogP contribution in [0.5, 0.6) is 0 Å². The molecule has 3 N–H and O–H groups in total. The van der Waals surface area contributed by atoms with Crippen LogP contribution in [0.25, 0.3) is 0 Å². The highest BCUT2D eigenvalue weighted by molar-refractivity contribution is 5.75. The lowest BCUT2D eigenvalue weighted by Crippen LogP contribution is -2.30. The summed E-state index contributed by atoms with van der Waals surface area (Å²) in [7, 11) is 1.60. The molecule has 5 nitrogen and oxygen atoms in total. The highest BCUT2D eigenvalue weighted by Gasteiger charge is 1.98. The van der Waals surface area contributed by atoms with Gasteiger partial charge in [-0.15, -0.1) is 0 Å². The number of aliphatic hydroxyl groups excluding tert-OH is 1. The van der Waals surface area contributed by atoms with E-state index in [-0.39, 0.29) is 12.5 Å². The first-order valence-corrected chi connectivity index (χ1v) is 4.88. The summed E-state index contributed by atoms with van der Waals surface area (Å²) in [6.45, 7) is 2.70. The van der Waals surface area contributed by atoms with Crippen molar-refractivity contribution < 1.29 is 14.6 Å². The Balaban J connectivity index is 3.10. The van der Waals surface area contributed by atoms with E-state index in [0.29, 0.717) is 26.1 Å². The van der Waals surface area contributed by atoms with Gasteiger partial charge >= 0.3 is 0 Å². The summed E-state index contributed by atoms with van der Waals surface area (Å²) in [5.74, 6) is 0.0264. The lowest BCUT2D eigenvalue weighted by molar-refractivity contribution is -0.121. The third kappa shape index (κ3) is 9.44. The molecule has 14 heavy (non-hydrogen) atoms. The number of hydrogen-bond donors (Lipinski definition) is 3. The number of hydrogen-bond acceptors (Lipinski definition) is 4. The number of amides is 1. The van der Waals surface area contributed by atoms with Crippen molar-refractivity contribution in [1.82, 2.24) is 10.6 Å². The van der Waals surface area contributed by atoms with Crippen molar-refractivity contribution in [2.24, 2.45) is 0 Å². The van der Waals surface area contributed by atoms with Crippen molar-refractivity contribution in [1.29, 1.82) is 0 Å². The van der Waals surface area contributed by atoms with E-state index in [1.807, 2.05) is 0 Å². The topological polar surface area (TPSA) is 70.6 Å². The SMILES string of the molecule is COCCNC(=O)CCNCCCO. The first-order valence-electron chi connectivity index (χ1n) is 4.88. The number of ether oxygens (including phenoxy) is 1. The third-order valence-electron chi connectivity index (χ3n) is 1.67. The molecule has 84 valence electrons. The quantitative estimate of drug-likeness (QED) is 0.426. The van der Waals surface area contributed by atoms with Gasteiger partial charge in [-0.1, -0.05) is 0 Å². The monoisotopic (exact) mass is 204 g/mol. The molecule has 0 saturated carbocycles. The van der Waals surface area contributed by atoms with E-state index in [9.17, 15) is 4.79 Å². The largest absolute Gasteiger partial charge is 0.396 e. The average molecular weight is 204 g/mol. The normalized spacial score (nSPS) is 10.1. The lowest BCUT2D eigenvalue weighted by Gasteiger charge is -2.05. The van der Waals surface area contributed by atoms with Gasteiger partial charge in [-0.25, -0.2) is 0 Å². The Labute approximate surface area is 84.8 Å². The Morgan fingerprint density at radius 1 is 1.36 bits per heavy atom. The van der Waals surface area contributed by atoms with E-state index < -0.39 is 0 Å². The van der Waals surface area contributed by atoms with Gasteiger partial charge in [-0.2, -0.15) is 0 Å². The van der Waals surface area contributed by atoms with Crippen LogP contribution in [0.15, 0.2) is 0 Å². The lowest BCUT2D eigenvalue weighted by atomic mass is 10.3. The first-order chi connectivity index (χ1) is 6.81. The van der Waals surface area contributed by atoms with Crippen LogP contribution >= 0.6 is 0 Å². The maximum Gasteiger partial charge on any atom is 0.221 e. The van der Waals surface area contributed by atoms with E-state index >= 15 is 0 Å². The van der Waals surface area contributed by atoms with Gasteiger partial charge in [0.05, 0.1) is 6.61 Å². The molecule has 0 rings (SSSR count). The van der Waals surface area contributed by atoms with Crippen molar-refractivity contribution in [3.63, 3.8) is 0 Å². The molecule has 0 unspecified atom stereocenters. The van der Waals surface area contributed by atoms with Crippen LogP contribution in [0, 0.1) is 0 Å². The molecule has 0 atom stereocenters. The van der Waals surface area contributed by atoms with Crippen molar-refractivity contribution in [2.45, 2.75) is 12.8 Å². The second-order valence-corrected chi connectivity index (χ2v) is 2.92. The molecule has 5 heteroatoms. The highest BCUT2D eigenvalue weighted by Crippen LogP contribution is 1.78. The summed E-state index contributed by atoms with van der Waals surface area (Å²) in [6.07, 6.45) is 1.19. The third-order valence-corrected chi connectivity index (χ3v) is 1.67. The fourth-order valence-electron chi connectivity index (χ4n) is 0.912. The van der Waals surface area contributed by atoms with Gasteiger partial charge < -0.3 is 20.5 Å². The van der Waals surface area contributed by atoms with Gasteiger partial charge in [0, 0.05) is 33.2 Å². The zero-order chi connectivity index (χ0) is 10.6. The Kier molecular flexibility index (Phi) is 9.95. The zero-order valence-electron chi connectivity index (χ0n) is 8.71. The number of carbonyl (C=O) groups excluding carboxylic acids is 1. The molecule has 0 aromatic carbocycles. The van der Waals surface area contributed by atoms with E-state index in [1.165, 1.54) is 0 Å². The van der Waals surface area contributed by atoms with E-state index in [4.69, 9.17) is 9.84 Å². The van der Waals surface area contributed by atoms with Crippen molar-refractivity contribution in [2.75, 3.05) is 40.0 Å². The standard InChI is InChI=1S/C9H20N2O3/c1-14-8-6-11-9(13)3-5-10-4-2-7-12/h10,12H,2-8H2,1H3,(H,11,13). The minimum absolute atomic E-state index is 0.0264. The summed E-state index contributed by atoms with van der Waals surface area (Å²) >= 11 is 0. The summed E-state index contributed by atoms with van der Waals surface area (Å²) in [6, 6.07) is 0. The summed E-state index contributed by atoms with van der Waals surface area (Å²) in [4.78, 5) is 11.1. The fourth-order valence-corrected chi connectivity index (χ4v) is 0.912. The maximum atomic E-state index is 11.1. The maximum absolute atomic E-state index is 11.1. The molecular formula is C9H20N2O3. The molecule has 0 aromatic heterocycles. The van der Waals surface area contributed by atoms with Gasteiger partial charge in [0.25, 0.3) is 0 Å². The summed E-state index contributed by atoms with van der Waals surface area (Å²) in [5.41, 5.74) is 0. The summed E-state index contributed by atoms with van der Waals surface area (Å²) < 4.78 is 4.79. The van der Waals surface area contributed by atoms with Crippen LogP contribution in [-0.4, -0.2) is 51.0 Å².